The van der Waals surface area contributed by atoms with E-state index in [0.29, 0.717) is 26.3 Å². The first kappa shape index (κ1) is 19.8. The van der Waals surface area contributed by atoms with E-state index in [4.69, 9.17) is 4.74 Å². The summed E-state index contributed by atoms with van der Waals surface area (Å²) in [4.78, 5) is 16.4. The second-order valence-electron chi connectivity index (χ2n) is 6.95. The molecule has 0 unspecified atom stereocenters. The summed E-state index contributed by atoms with van der Waals surface area (Å²) in [7, 11) is 0. The molecule has 1 saturated heterocycles. The van der Waals surface area contributed by atoms with Crippen molar-refractivity contribution in [3.8, 4) is 0 Å². The number of halogens is 1. The molecule has 0 aliphatic carbocycles. The predicted octanol–water partition coefficient (Wildman–Crippen LogP) is 4.17. The number of hydrogen-bond donors (Lipinski definition) is 1. The van der Waals surface area contributed by atoms with E-state index in [1.807, 2.05) is 52.7 Å². The third kappa shape index (κ3) is 4.72. The topological polar surface area (TPSA) is 41.6 Å². The van der Waals surface area contributed by atoms with Gasteiger partial charge in [-0.3, -0.25) is 10.1 Å². The van der Waals surface area contributed by atoms with Crippen molar-refractivity contribution in [2.24, 2.45) is 0 Å². The summed E-state index contributed by atoms with van der Waals surface area (Å²) in [6.07, 6.45) is 0. The number of benzene rings is 2. The molecule has 6 heteroatoms. The highest BCUT2D eigenvalue weighted by Gasteiger charge is 2.30. The van der Waals surface area contributed by atoms with E-state index < -0.39 is 6.04 Å². The molecule has 1 amide bonds. The fourth-order valence-corrected chi connectivity index (χ4v) is 4.35. The first-order valence-electron chi connectivity index (χ1n) is 9.69. The number of rotatable bonds is 6. The van der Waals surface area contributed by atoms with Gasteiger partial charge in [-0.1, -0.05) is 48.5 Å². The van der Waals surface area contributed by atoms with Gasteiger partial charge >= 0.3 is 0 Å². The number of nitrogens with one attached hydrogen (secondary N) is 1. The van der Waals surface area contributed by atoms with Gasteiger partial charge in [-0.25, -0.2) is 4.39 Å². The Morgan fingerprint density at radius 1 is 0.966 bits per heavy atom. The van der Waals surface area contributed by atoms with Gasteiger partial charge < -0.3 is 9.64 Å². The SMILES string of the molecule is O=C([C@@H](N[C@@H](c1ccc(F)cc1)c1cccs1)c1ccccc1)N1CCOCC1. The van der Waals surface area contributed by atoms with Crippen molar-refractivity contribution >= 4 is 17.2 Å². The maximum absolute atomic E-state index is 13.5. The zero-order valence-corrected chi connectivity index (χ0v) is 16.8. The number of thiophene rings is 1. The first-order chi connectivity index (χ1) is 14.2. The summed E-state index contributed by atoms with van der Waals surface area (Å²) in [5.41, 5.74) is 1.83. The molecule has 4 nitrogen and oxygen atoms in total. The Kier molecular flexibility index (Phi) is 6.34. The summed E-state index contributed by atoms with van der Waals surface area (Å²) in [6.45, 7) is 2.28. The van der Waals surface area contributed by atoms with Crippen molar-refractivity contribution in [2.75, 3.05) is 26.3 Å². The van der Waals surface area contributed by atoms with Crippen molar-refractivity contribution in [1.29, 1.82) is 0 Å². The monoisotopic (exact) mass is 410 g/mol. The largest absolute Gasteiger partial charge is 0.378 e. The minimum absolute atomic E-state index is 0.0307. The second kappa shape index (κ2) is 9.31. The van der Waals surface area contributed by atoms with Gasteiger partial charge in [0.1, 0.15) is 11.9 Å². The maximum atomic E-state index is 13.5. The van der Waals surface area contributed by atoms with E-state index in [0.717, 1.165) is 16.0 Å². The molecule has 1 aromatic heterocycles. The zero-order valence-electron chi connectivity index (χ0n) is 16.0. The van der Waals surface area contributed by atoms with Gasteiger partial charge in [0.25, 0.3) is 0 Å². The van der Waals surface area contributed by atoms with Crippen LogP contribution in [-0.2, 0) is 9.53 Å². The summed E-state index contributed by atoms with van der Waals surface area (Å²) in [6, 6.07) is 19.5. The molecule has 2 atom stereocenters. The van der Waals surface area contributed by atoms with Crippen molar-refractivity contribution in [1.82, 2.24) is 10.2 Å². The van der Waals surface area contributed by atoms with Crippen molar-refractivity contribution in [3.05, 3.63) is 93.9 Å². The molecule has 150 valence electrons. The third-order valence-electron chi connectivity index (χ3n) is 5.07. The van der Waals surface area contributed by atoms with E-state index >= 15 is 0 Å². The molecule has 2 aromatic carbocycles. The number of nitrogens with zero attached hydrogens (tertiary/aromatic N) is 1. The zero-order chi connectivity index (χ0) is 20.1. The predicted molar refractivity (Wildman–Crippen MR) is 112 cm³/mol. The molecular formula is C23H23FN2O2S. The summed E-state index contributed by atoms with van der Waals surface area (Å²) < 4.78 is 18.9. The van der Waals surface area contributed by atoms with Gasteiger partial charge in [-0.05, 0) is 34.7 Å². The van der Waals surface area contributed by atoms with Crippen LogP contribution in [0.5, 0.6) is 0 Å². The Morgan fingerprint density at radius 2 is 1.69 bits per heavy atom. The van der Waals surface area contributed by atoms with Gasteiger partial charge in [0.15, 0.2) is 0 Å². The number of morpholine rings is 1. The van der Waals surface area contributed by atoms with Crippen molar-refractivity contribution in [2.45, 2.75) is 12.1 Å². The molecule has 3 aromatic rings. The lowest BCUT2D eigenvalue weighted by Crippen LogP contribution is -2.47. The molecular weight excluding hydrogens is 387 g/mol. The minimum atomic E-state index is -0.508. The number of ether oxygens (including phenoxy) is 1. The summed E-state index contributed by atoms with van der Waals surface area (Å²) in [5.74, 6) is -0.245. The van der Waals surface area contributed by atoms with Gasteiger partial charge in [-0.2, -0.15) is 0 Å². The molecule has 2 heterocycles. The Morgan fingerprint density at radius 3 is 2.34 bits per heavy atom. The Bertz CT molecular complexity index is 910. The maximum Gasteiger partial charge on any atom is 0.244 e. The van der Waals surface area contributed by atoms with Crippen LogP contribution in [0.15, 0.2) is 72.1 Å². The standard InChI is InChI=1S/C23H23FN2O2S/c24-19-10-8-18(9-11-19)21(20-7-4-16-29-20)25-22(17-5-2-1-3-6-17)23(27)26-12-14-28-15-13-26/h1-11,16,21-22,25H,12-15H2/t21-,22-/m0/s1. The highest BCUT2D eigenvalue weighted by molar-refractivity contribution is 7.10. The Hall–Kier alpha value is -2.54. The average molecular weight is 411 g/mol. The van der Waals surface area contributed by atoms with Crippen LogP contribution in [0.3, 0.4) is 0 Å². The van der Waals surface area contributed by atoms with E-state index in [2.05, 4.69) is 5.32 Å². The molecule has 0 spiro atoms. The normalized spacial score (nSPS) is 16.4. The van der Waals surface area contributed by atoms with Crippen LogP contribution >= 0.6 is 11.3 Å². The van der Waals surface area contributed by atoms with E-state index in [1.165, 1.54) is 12.1 Å². The Labute approximate surface area is 173 Å². The highest BCUT2D eigenvalue weighted by atomic mass is 32.1. The first-order valence-corrected chi connectivity index (χ1v) is 10.6. The van der Waals surface area contributed by atoms with Crippen LogP contribution in [0, 0.1) is 5.82 Å². The number of carbonyl (C=O) groups excluding carboxylic acids is 1. The summed E-state index contributed by atoms with van der Waals surface area (Å²) >= 11 is 1.61. The quantitative estimate of drug-likeness (QED) is 0.663. The van der Waals surface area contributed by atoms with Crippen molar-refractivity contribution in [3.63, 3.8) is 0 Å². The molecule has 1 aliphatic heterocycles. The molecule has 0 saturated carbocycles. The van der Waals surface area contributed by atoms with Gasteiger partial charge in [0, 0.05) is 18.0 Å². The van der Waals surface area contributed by atoms with Crippen molar-refractivity contribution < 1.29 is 13.9 Å². The highest BCUT2D eigenvalue weighted by Crippen LogP contribution is 2.30. The van der Waals surface area contributed by atoms with Gasteiger partial charge in [0.05, 0.1) is 19.3 Å². The van der Waals surface area contributed by atoms with Gasteiger partial charge in [-0.15, -0.1) is 11.3 Å². The number of hydrogen-bond acceptors (Lipinski definition) is 4. The van der Waals surface area contributed by atoms with E-state index in [1.54, 1.807) is 23.5 Å². The second-order valence-corrected chi connectivity index (χ2v) is 7.93. The lowest BCUT2D eigenvalue weighted by Gasteiger charge is -2.33. The number of amides is 1. The van der Waals surface area contributed by atoms with Crippen LogP contribution in [0.4, 0.5) is 4.39 Å². The average Bonchev–Trinajstić information content (AvgIpc) is 3.31. The fourth-order valence-electron chi connectivity index (χ4n) is 3.54. The third-order valence-corrected chi connectivity index (χ3v) is 6.00. The summed E-state index contributed by atoms with van der Waals surface area (Å²) in [5, 5.41) is 5.57. The molecule has 29 heavy (non-hydrogen) atoms. The lowest BCUT2D eigenvalue weighted by molar-refractivity contribution is -0.137. The van der Waals surface area contributed by atoms with Gasteiger partial charge in [0.2, 0.25) is 5.91 Å². The van der Waals surface area contributed by atoms with E-state index in [9.17, 15) is 9.18 Å². The lowest BCUT2D eigenvalue weighted by atomic mass is 10.00. The molecule has 1 N–H and O–H groups in total. The van der Waals surface area contributed by atoms with Crippen LogP contribution < -0.4 is 5.32 Å². The fraction of sp³-hybridized carbons (Fsp3) is 0.261. The molecule has 4 rings (SSSR count). The van der Waals surface area contributed by atoms with Crippen LogP contribution in [-0.4, -0.2) is 37.1 Å². The Balaban J connectivity index is 1.68. The molecule has 0 bridgehead atoms. The van der Waals surface area contributed by atoms with Crippen LogP contribution in [0.2, 0.25) is 0 Å². The smallest absolute Gasteiger partial charge is 0.244 e. The van der Waals surface area contributed by atoms with E-state index in [-0.39, 0.29) is 17.8 Å². The molecule has 1 fully saturated rings. The molecule has 1 aliphatic rings. The minimum Gasteiger partial charge on any atom is -0.378 e. The number of carbonyl (C=O) groups is 1. The molecule has 0 radical (unpaired) electrons. The van der Waals surface area contributed by atoms with Crippen LogP contribution in [0.1, 0.15) is 28.1 Å². The van der Waals surface area contributed by atoms with Crippen LogP contribution in [0.25, 0.3) is 0 Å².